The van der Waals surface area contributed by atoms with E-state index < -0.39 is 22.7 Å². The Hall–Kier alpha value is -2.76. The molecule has 3 aromatic rings. The molecule has 3 rings (SSSR count). The minimum Gasteiger partial charge on any atom is -0.481 e. The molecule has 0 aromatic heterocycles. The maximum absolute atomic E-state index is 12.6. The van der Waals surface area contributed by atoms with E-state index in [1.54, 1.807) is 48.5 Å². The summed E-state index contributed by atoms with van der Waals surface area (Å²) >= 11 is 5.91. The van der Waals surface area contributed by atoms with Crippen LogP contribution < -0.4 is 0 Å². The lowest BCUT2D eigenvalue weighted by molar-refractivity contribution is -0.141. The van der Waals surface area contributed by atoms with Crippen molar-refractivity contribution in [2.45, 2.75) is 17.7 Å². The maximum atomic E-state index is 12.6. The number of hydrogen-bond acceptors (Lipinski definition) is 3. The number of carbonyl (C=O) groups excluding carboxylic acids is 1. The van der Waals surface area contributed by atoms with Crippen LogP contribution in [0.3, 0.4) is 0 Å². The molecule has 0 bridgehead atoms. The summed E-state index contributed by atoms with van der Waals surface area (Å²) < 4.78 is 12.3. The van der Waals surface area contributed by atoms with Gasteiger partial charge in [0.1, 0.15) is 0 Å². The highest BCUT2D eigenvalue weighted by molar-refractivity contribution is 7.85. The second-order valence-electron chi connectivity index (χ2n) is 6.90. The van der Waals surface area contributed by atoms with Gasteiger partial charge in [0.15, 0.2) is 5.78 Å². The van der Waals surface area contributed by atoms with Gasteiger partial charge in [-0.05, 0) is 41.8 Å². The fraction of sp³-hybridized carbons (Fsp3) is 0.167. The van der Waals surface area contributed by atoms with Gasteiger partial charge in [0.25, 0.3) is 0 Å². The van der Waals surface area contributed by atoms with E-state index in [9.17, 15) is 18.9 Å². The molecule has 0 radical (unpaired) electrons. The summed E-state index contributed by atoms with van der Waals surface area (Å²) in [6, 6.07) is 23.4. The molecule has 0 fully saturated rings. The second kappa shape index (κ2) is 10.3. The number of ketones is 1. The summed E-state index contributed by atoms with van der Waals surface area (Å²) in [5.41, 5.74) is 2.38. The number of halogens is 1. The van der Waals surface area contributed by atoms with E-state index in [0.29, 0.717) is 15.5 Å². The summed E-state index contributed by atoms with van der Waals surface area (Å²) in [6.07, 6.45) is 0.0487. The topological polar surface area (TPSA) is 71.4 Å². The molecule has 4 nitrogen and oxygen atoms in total. The van der Waals surface area contributed by atoms with E-state index in [4.69, 9.17) is 11.6 Å². The van der Waals surface area contributed by atoms with Crippen LogP contribution in [0.4, 0.5) is 0 Å². The van der Waals surface area contributed by atoms with Crippen molar-refractivity contribution in [3.05, 3.63) is 89.4 Å². The Morgan fingerprint density at radius 1 is 0.867 bits per heavy atom. The Morgan fingerprint density at radius 2 is 1.43 bits per heavy atom. The first-order valence-electron chi connectivity index (χ1n) is 9.49. The van der Waals surface area contributed by atoms with Gasteiger partial charge in [-0.3, -0.25) is 13.8 Å². The van der Waals surface area contributed by atoms with E-state index >= 15 is 0 Å². The minimum atomic E-state index is -1.29. The monoisotopic (exact) mass is 440 g/mol. The number of hydrogen-bond donors (Lipinski definition) is 1. The fourth-order valence-electron chi connectivity index (χ4n) is 3.08. The number of carboxylic acids is 1. The Morgan fingerprint density at radius 3 is 2.00 bits per heavy atom. The zero-order chi connectivity index (χ0) is 21.5. The second-order valence-corrected chi connectivity index (χ2v) is 8.91. The van der Waals surface area contributed by atoms with Gasteiger partial charge >= 0.3 is 5.97 Å². The van der Waals surface area contributed by atoms with E-state index in [-0.39, 0.29) is 24.4 Å². The number of benzene rings is 3. The SMILES string of the molecule is O=C(CC(CCS(=O)c1ccccc1)C(=O)O)c1ccc(-c2ccc(Cl)cc2)cc1. The molecule has 0 saturated heterocycles. The lowest BCUT2D eigenvalue weighted by atomic mass is 9.95. The third kappa shape index (κ3) is 5.88. The number of rotatable bonds is 9. The number of Topliss-reactive ketones (excluding diaryl/α,β-unsaturated/α-hetero) is 1. The van der Waals surface area contributed by atoms with Crippen LogP contribution in [0.5, 0.6) is 0 Å². The van der Waals surface area contributed by atoms with Gasteiger partial charge in [0.05, 0.1) is 16.7 Å². The van der Waals surface area contributed by atoms with E-state index in [1.807, 2.05) is 30.3 Å². The lowest BCUT2D eigenvalue weighted by Crippen LogP contribution is -2.20. The van der Waals surface area contributed by atoms with Gasteiger partial charge in [-0.1, -0.05) is 66.2 Å². The molecule has 0 saturated carbocycles. The van der Waals surface area contributed by atoms with Crippen LogP contribution >= 0.6 is 11.6 Å². The third-order valence-corrected chi connectivity index (χ3v) is 6.48. The highest BCUT2D eigenvalue weighted by Gasteiger charge is 2.23. The molecule has 0 aliphatic carbocycles. The van der Waals surface area contributed by atoms with Gasteiger partial charge in [0, 0.05) is 27.7 Å². The summed E-state index contributed by atoms with van der Waals surface area (Å²) in [4.78, 5) is 24.9. The van der Waals surface area contributed by atoms with Crippen molar-refractivity contribution in [3.63, 3.8) is 0 Å². The number of carboxylic acid groups (broad SMARTS) is 1. The highest BCUT2D eigenvalue weighted by Crippen LogP contribution is 2.23. The quantitative estimate of drug-likeness (QED) is 0.447. The van der Waals surface area contributed by atoms with Crippen molar-refractivity contribution in [2.24, 2.45) is 5.92 Å². The molecule has 2 atom stereocenters. The maximum Gasteiger partial charge on any atom is 0.306 e. The van der Waals surface area contributed by atoms with Crippen molar-refractivity contribution in [3.8, 4) is 11.1 Å². The molecule has 2 unspecified atom stereocenters. The molecule has 30 heavy (non-hydrogen) atoms. The standard InChI is InChI=1S/C24H21ClO4S/c25-21-12-10-18(11-13-21)17-6-8-19(9-7-17)23(26)16-20(24(27)28)14-15-30(29)22-4-2-1-3-5-22/h1-13,20H,14-16H2,(H,27,28). The fourth-order valence-corrected chi connectivity index (χ4v) is 4.41. The molecule has 0 spiro atoms. The van der Waals surface area contributed by atoms with Crippen LogP contribution in [0.15, 0.2) is 83.8 Å². The van der Waals surface area contributed by atoms with Gasteiger partial charge in [-0.15, -0.1) is 0 Å². The van der Waals surface area contributed by atoms with Crippen LogP contribution in [0.2, 0.25) is 5.02 Å². The minimum absolute atomic E-state index is 0.123. The van der Waals surface area contributed by atoms with E-state index in [0.717, 1.165) is 11.1 Å². The Labute approximate surface area is 183 Å². The van der Waals surface area contributed by atoms with Gasteiger partial charge in [-0.25, -0.2) is 0 Å². The largest absolute Gasteiger partial charge is 0.481 e. The average molecular weight is 441 g/mol. The summed E-state index contributed by atoms with van der Waals surface area (Å²) in [5, 5.41) is 10.2. The lowest BCUT2D eigenvalue weighted by Gasteiger charge is -2.12. The first-order valence-corrected chi connectivity index (χ1v) is 11.2. The van der Waals surface area contributed by atoms with Crippen LogP contribution in [-0.2, 0) is 15.6 Å². The van der Waals surface area contributed by atoms with Crippen LogP contribution in [0.1, 0.15) is 23.2 Å². The van der Waals surface area contributed by atoms with Crippen LogP contribution in [0, 0.1) is 5.92 Å². The van der Waals surface area contributed by atoms with Crippen LogP contribution in [-0.4, -0.2) is 26.8 Å². The van der Waals surface area contributed by atoms with Crippen molar-refractivity contribution in [2.75, 3.05) is 5.75 Å². The predicted molar refractivity (Wildman–Crippen MR) is 119 cm³/mol. The molecule has 3 aromatic carbocycles. The zero-order valence-corrected chi connectivity index (χ0v) is 17.7. The smallest absolute Gasteiger partial charge is 0.306 e. The van der Waals surface area contributed by atoms with Crippen molar-refractivity contribution in [1.82, 2.24) is 0 Å². The van der Waals surface area contributed by atoms with Gasteiger partial charge in [-0.2, -0.15) is 0 Å². The number of carbonyl (C=O) groups is 2. The Kier molecular flexibility index (Phi) is 7.55. The molecule has 0 heterocycles. The molecular weight excluding hydrogens is 420 g/mol. The van der Waals surface area contributed by atoms with Crippen molar-refractivity contribution < 1.29 is 18.9 Å². The molecule has 154 valence electrons. The molecule has 0 aliphatic heterocycles. The van der Waals surface area contributed by atoms with Crippen molar-refractivity contribution in [1.29, 1.82) is 0 Å². The van der Waals surface area contributed by atoms with E-state index in [1.165, 1.54) is 0 Å². The third-order valence-electron chi connectivity index (χ3n) is 4.82. The first kappa shape index (κ1) is 21.9. The van der Waals surface area contributed by atoms with E-state index in [2.05, 4.69) is 0 Å². The zero-order valence-electron chi connectivity index (χ0n) is 16.2. The summed E-state index contributed by atoms with van der Waals surface area (Å²) in [7, 11) is -1.29. The first-order chi connectivity index (χ1) is 14.4. The molecule has 6 heteroatoms. The van der Waals surface area contributed by atoms with Crippen LogP contribution in [0.25, 0.3) is 11.1 Å². The molecule has 0 aliphatic rings. The normalized spacial score (nSPS) is 12.8. The average Bonchev–Trinajstić information content (AvgIpc) is 2.77. The summed E-state index contributed by atoms with van der Waals surface area (Å²) in [5.74, 6) is -1.97. The highest BCUT2D eigenvalue weighted by atomic mass is 35.5. The summed E-state index contributed by atoms with van der Waals surface area (Å²) in [6.45, 7) is 0. The molecule has 1 N–H and O–H groups in total. The Bertz CT molecular complexity index is 1030. The predicted octanol–water partition coefficient (Wildman–Crippen LogP) is 5.48. The molecule has 0 amide bonds. The Balaban J connectivity index is 1.62. The van der Waals surface area contributed by atoms with Gasteiger partial charge < -0.3 is 5.11 Å². The number of aliphatic carboxylic acids is 1. The van der Waals surface area contributed by atoms with Crippen molar-refractivity contribution >= 4 is 34.2 Å². The molecular formula is C24H21ClO4S. The van der Waals surface area contributed by atoms with Gasteiger partial charge in [0.2, 0.25) is 0 Å².